The highest BCUT2D eigenvalue weighted by Gasteiger charge is 1.99. The second kappa shape index (κ2) is 4.26. The molecule has 3 nitrogen and oxygen atoms in total. The van der Waals surface area contributed by atoms with Crippen molar-refractivity contribution in [2.75, 3.05) is 5.32 Å². The normalized spacial score (nSPS) is 12.6. The van der Waals surface area contributed by atoms with Gasteiger partial charge in [-0.05, 0) is 25.5 Å². The van der Waals surface area contributed by atoms with Crippen molar-refractivity contribution in [3.05, 3.63) is 17.3 Å². The topological polar surface area (TPSA) is 37.8 Å². The third kappa shape index (κ3) is 2.66. The maximum atomic E-state index is 5.58. The lowest BCUT2D eigenvalue weighted by molar-refractivity contribution is 0.755. The van der Waals surface area contributed by atoms with Gasteiger partial charge in [0.2, 0.25) is 0 Å². The number of halogens is 1. The summed E-state index contributed by atoms with van der Waals surface area (Å²) in [7, 11) is 0. The van der Waals surface area contributed by atoms with Crippen LogP contribution in [0.15, 0.2) is 12.1 Å². The van der Waals surface area contributed by atoms with Crippen LogP contribution in [0.1, 0.15) is 20.3 Å². The van der Waals surface area contributed by atoms with Crippen LogP contribution in [0.4, 0.5) is 5.82 Å². The summed E-state index contributed by atoms with van der Waals surface area (Å²) in [5.41, 5.74) is 0. The molecule has 66 valence electrons. The second-order valence-corrected chi connectivity index (χ2v) is 3.08. The van der Waals surface area contributed by atoms with E-state index in [0.29, 0.717) is 11.2 Å². The zero-order chi connectivity index (χ0) is 8.97. The van der Waals surface area contributed by atoms with Crippen LogP contribution < -0.4 is 5.32 Å². The zero-order valence-corrected chi connectivity index (χ0v) is 7.97. The van der Waals surface area contributed by atoms with Crippen LogP contribution in [-0.2, 0) is 0 Å². The maximum Gasteiger partial charge on any atom is 0.151 e. The Morgan fingerprint density at radius 3 is 2.75 bits per heavy atom. The zero-order valence-electron chi connectivity index (χ0n) is 7.21. The van der Waals surface area contributed by atoms with Crippen LogP contribution in [0, 0.1) is 0 Å². The van der Waals surface area contributed by atoms with Gasteiger partial charge in [-0.15, -0.1) is 10.2 Å². The van der Waals surface area contributed by atoms with Gasteiger partial charge in [-0.2, -0.15) is 0 Å². The lowest BCUT2D eigenvalue weighted by Gasteiger charge is -2.10. The van der Waals surface area contributed by atoms with Crippen molar-refractivity contribution in [2.24, 2.45) is 0 Å². The van der Waals surface area contributed by atoms with Crippen LogP contribution in [0.5, 0.6) is 0 Å². The number of nitrogens with one attached hydrogen (secondary N) is 1. The molecule has 1 aromatic heterocycles. The molecule has 0 aliphatic carbocycles. The van der Waals surface area contributed by atoms with Gasteiger partial charge in [0.1, 0.15) is 5.82 Å². The number of aromatic nitrogens is 2. The third-order valence-corrected chi connectivity index (χ3v) is 1.84. The number of anilines is 1. The van der Waals surface area contributed by atoms with Crippen LogP contribution in [0.25, 0.3) is 0 Å². The van der Waals surface area contributed by atoms with Gasteiger partial charge in [0.05, 0.1) is 0 Å². The van der Waals surface area contributed by atoms with Gasteiger partial charge in [0.25, 0.3) is 0 Å². The van der Waals surface area contributed by atoms with Crippen molar-refractivity contribution in [1.29, 1.82) is 0 Å². The number of nitrogens with zero attached hydrogens (tertiary/aromatic N) is 2. The van der Waals surface area contributed by atoms with Gasteiger partial charge in [0, 0.05) is 6.04 Å². The number of rotatable bonds is 3. The lowest BCUT2D eigenvalue weighted by atomic mass is 10.2. The van der Waals surface area contributed by atoms with E-state index in [0.717, 1.165) is 12.2 Å². The van der Waals surface area contributed by atoms with E-state index in [-0.39, 0.29) is 0 Å². The third-order valence-electron chi connectivity index (χ3n) is 1.64. The van der Waals surface area contributed by atoms with Gasteiger partial charge in [-0.1, -0.05) is 18.5 Å². The smallest absolute Gasteiger partial charge is 0.151 e. The fourth-order valence-electron chi connectivity index (χ4n) is 0.747. The summed E-state index contributed by atoms with van der Waals surface area (Å²) in [4.78, 5) is 0. The Morgan fingerprint density at radius 2 is 2.25 bits per heavy atom. The molecule has 0 bridgehead atoms. The molecule has 0 radical (unpaired) electrons. The Balaban J connectivity index is 2.58. The lowest BCUT2D eigenvalue weighted by Crippen LogP contribution is -2.14. The molecule has 0 spiro atoms. The maximum absolute atomic E-state index is 5.58. The average Bonchev–Trinajstić information content (AvgIpc) is 2.09. The molecule has 0 fully saturated rings. The molecule has 0 unspecified atom stereocenters. The summed E-state index contributed by atoms with van der Waals surface area (Å²) in [6.07, 6.45) is 1.06. The van der Waals surface area contributed by atoms with Gasteiger partial charge in [-0.3, -0.25) is 0 Å². The van der Waals surface area contributed by atoms with Crippen molar-refractivity contribution in [2.45, 2.75) is 26.3 Å². The predicted molar refractivity (Wildman–Crippen MR) is 50.4 cm³/mol. The Labute approximate surface area is 77.2 Å². The summed E-state index contributed by atoms with van der Waals surface area (Å²) >= 11 is 5.58. The minimum Gasteiger partial charge on any atom is -0.366 e. The average molecular weight is 186 g/mol. The molecule has 12 heavy (non-hydrogen) atoms. The van der Waals surface area contributed by atoms with E-state index in [1.165, 1.54) is 0 Å². The van der Waals surface area contributed by atoms with Gasteiger partial charge in [-0.25, -0.2) is 0 Å². The molecule has 0 amide bonds. The molecule has 1 atom stereocenters. The fourth-order valence-corrected chi connectivity index (χ4v) is 0.848. The summed E-state index contributed by atoms with van der Waals surface area (Å²) < 4.78 is 0. The summed E-state index contributed by atoms with van der Waals surface area (Å²) in [6.45, 7) is 4.21. The van der Waals surface area contributed by atoms with E-state index < -0.39 is 0 Å². The van der Waals surface area contributed by atoms with Crippen molar-refractivity contribution < 1.29 is 0 Å². The molecule has 0 saturated carbocycles. The molecule has 0 aliphatic heterocycles. The minimum absolute atomic E-state index is 0.417. The van der Waals surface area contributed by atoms with Crippen molar-refractivity contribution in [3.63, 3.8) is 0 Å². The standard InChI is InChI=1S/C8H12ClN3/c1-3-6(2)10-8-5-4-7(9)11-12-8/h4-6H,3H2,1-2H3,(H,10,12)/t6-/m0/s1. The highest BCUT2D eigenvalue weighted by molar-refractivity contribution is 6.29. The van der Waals surface area contributed by atoms with Crippen LogP contribution >= 0.6 is 11.6 Å². The quantitative estimate of drug-likeness (QED) is 0.786. The highest BCUT2D eigenvalue weighted by Crippen LogP contribution is 2.07. The van der Waals surface area contributed by atoms with Gasteiger partial charge >= 0.3 is 0 Å². The highest BCUT2D eigenvalue weighted by atomic mass is 35.5. The second-order valence-electron chi connectivity index (χ2n) is 2.69. The van der Waals surface area contributed by atoms with Crippen molar-refractivity contribution >= 4 is 17.4 Å². The van der Waals surface area contributed by atoms with Crippen LogP contribution in [0.3, 0.4) is 0 Å². The molecular formula is C8H12ClN3. The Hall–Kier alpha value is -0.830. The first-order valence-corrected chi connectivity index (χ1v) is 4.36. The largest absolute Gasteiger partial charge is 0.366 e. The molecule has 1 aromatic rings. The molecule has 0 saturated heterocycles. The minimum atomic E-state index is 0.417. The van der Waals surface area contributed by atoms with Crippen LogP contribution in [0.2, 0.25) is 5.15 Å². The van der Waals surface area contributed by atoms with E-state index in [4.69, 9.17) is 11.6 Å². The molecule has 0 aromatic carbocycles. The SMILES string of the molecule is CC[C@H](C)Nc1ccc(Cl)nn1. The summed E-state index contributed by atoms with van der Waals surface area (Å²) in [5.74, 6) is 0.772. The van der Waals surface area contributed by atoms with Gasteiger partial charge < -0.3 is 5.32 Å². The van der Waals surface area contributed by atoms with E-state index in [9.17, 15) is 0 Å². The number of hydrogen-bond acceptors (Lipinski definition) is 3. The van der Waals surface area contributed by atoms with Gasteiger partial charge in [0.15, 0.2) is 5.15 Å². The first kappa shape index (κ1) is 9.26. The predicted octanol–water partition coefficient (Wildman–Crippen LogP) is 2.34. The first-order chi connectivity index (χ1) is 5.72. The molecular weight excluding hydrogens is 174 g/mol. The summed E-state index contributed by atoms with van der Waals surface area (Å²) in [5, 5.41) is 11.2. The summed E-state index contributed by atoms with van der Waals surface area (Å²) in [6, 6.07) is 3.96. The van der Waals surface area contributed by atoms with Crippen molar-refractivity contribution in [3.8, 4) is 0 Å². The molecule has 4 heteroatoms. The fraction of sp³-hybridized carbons (Fsp3) is 0.500. The van der Waals surface area contributed by atoms with Crippen molar-refractivity contribution in [1.82, 2.24) is 10.2 Å². The molecule has 1 N–H and O–H groups in total. The molecule has 0 aliphatic rings. The molecule has 1 heterocycles. The molecule has 1 rings (SSSR count). The Bertz CT molecular complexity index is 235. The van der Waals surface area contributed by atoms with E-state index in [1.54, 1.807) is 6.07 Å². The monoisotopic (exact) mass is 185 g/mol. The Morgan fingerprint density at radius 1 is 1.50 bits per heavy atom. The van der Waals surface area contributed by atoms with E-state index in [2.05, 4.69) is 29.4 Å². The van der Waals surface area contributed by atoms with E-state index in [1.807, 2.05) is 6.07 Å². The first-order valence-electron chi connectivity index (χ1n) is 3.98. The van der Waals surface area contributed by atoms with Crippen LogP contribution in [-0.4, -0.2) is 16.2 Å². The Kier molecular flexibility index (Phi) is 3.29. The number of hydrogen-bond donors (Lipinski definition) is 1. The van der Waals surface area contributed by atoms with E-state index >= 15 is 0 Å².